The maximum atomic E-state index is 13.0. The first kappa shape index (κ1) is 20.4. The monoisotopic (exact) mass is 413 g/mol. The highest BCUT2D eigenvalue weighted by molar-refractivity contribution is 6.09. The Labute approximate surface area is 180 Å². The highest BCUT2D eigenvalue weighted by Gasteiger charge is 2.18. The normalized spacial score (nSPS) is 13.5. The average Bonchev–Trinajstić information content (AvgIpc) is 3.45. The summed E-state index contributed by atoms with van der Waals surface area (Å²) in [6.45, 7) is 0.110. The van der Waals surface area contributed by atoms with E-state index in [0.717, 1.165) is 25.7 Å². The zero-order valence-electron chi connectivity index (χ0n) is 17.0. The lowest BCUT2D eigenvalue weighted by molar-refractivity contribution is -0.122. The van der Waals surface area contributed by atoms with Crippen molar-refractivity contribution in [2.75, 3.05) is 5.32 Å². The minimum atomic E-state index is -0.307. The van der Waals surface area contributed by atoms with E-state index in [0.29, 0.717) is 27.9 Å². The Kier molecular flexibility index (Phi) is 6.08. The number of amides is 2. The Morgan fingerprint density at radius 3 is 2.55 bits per heavy atom. The molecule has 0 atom stereocenters. The SMILES string of the molecule is N#Cc1ccccc1-c1ccccc1C(=O)Nc1cnn(CC(=O)NC2CCCC2)c1. The third-order valence-electron chi connectivity index (χ3n) is 5.43. The van der Waals surface area contributed by atoms with E-state index in [1.165, 1.54) is 10.9 Å². The maximum absolute atomic E-state index is 13.0. The predicted octanol–water partition coefficient (Wildman–Crippen LogP) is 3.73. The lowest BCUT2D eigenvalue weighted by Gasteiger charge is -2.11. The number of hydrogen-bond acceptors (Lipinski definition) is 4. The van der Waals surface area contributed by atoms with Crippen LogP contribution in [0.25, 0.3) is 11.1 Å². The molecule has 2 aromatic carbocycles. The molecule has 0 saturated heterocycles. The smallest absolute Gasteiger partial charge is 0.256 e. The van der Waals surface area contributed by atoms with Crippen molar-refractivity contribution in [1.82, 2.24) is 15.1 Å². The topological polar surface area (TPSA) is 99.8 Å². The first-order valence-corrected chi connectivity index (χ1v) is 10.4. The van der Waals surface area contributed by atoms with Crippen LogP contribution in [0, 0.1) is 11.3 Å². The van der Waals surface area contributed by atoms with Crippen LogP contribution in [0.1, 0.15) is 41.6 Å². The van der Waals surface area contributed by atoms with Gasteiger partial charge in [-0.25, -0.2) is 0 Å². The summed E-state index contributed by atoms with van der Waals surface area (Å²) in [6, 6.07) is 16.8. The van der Waals surface area contributed by atoms with Gasteiger partial charge in [-0.3, -0.25) is 14.3 Å². The second-order valence-electron chi connectivity index (χ2n) is 7.63. The van der Waals surface area contributed by atoms with Crippen LogP contribution in [-0.4, -0.2) is 27.6 Å². The minimum absolute atomic E-state index is 0.0775. The van der Waals surface area contributed by atoms with Crippen molar-refractivity contribution in [3.05, 3.63) is 72.1 Å². The van der Waals surface area contributed by atoms with E-state index < -0.39 is 0 Å². The third kappa shape index (κ3) is 4.81. The van der Waals surface area contributed by atoms with Crippen molar-refractivity contribution in [1.29, 1.82) is 5.26 Å². The standard InChI is InChI=1S/C24H23N5O2/c25-13-17-7-1-4-10-20(17)21-11-5-6-12-22(21)24(31)28-19-14-26-29(15-19)16-23(30)27-18-8-2-3-9-18/h1,4-7,10-12,14-15,18H,2-3,8-9,16H2,(H,27,30)(H,28,31). The van der Waals surface area contributed by atoms with Crippen LogP contribution in [0.5, 0.6) is 0 Å². The molecule has 0 aliphatic heterocycles. The molecule has 2 amide bonds. The lowest BCUT2D eigenvalue weighted by atomic mass is 9.95. The fourth-order valence-corrected chi connectivity index (χ4v) is 3.94. The van der Waals surface area contributed by atoms with E-state index in [4.69, 9.17) is 0 Å². The summed E-state index contributed by atoms with van der Waals surface area (Å²) >= 11 is 0. The number of carbonyl (C=O) groups excluding carboxylic acids is 2. The number of benzene rings is 2. The zero-order chi connectivity index (χ0) is 21.6. The van der Waals surface area contributed by atoms with Gasteiger partial charge in [0.15, 0.2) is 0 Å². The van der Waals surface area contributed by atoms with Crippen LogP contribution in [-0.2, 0) is 11.3 Å². The van der Waals surface area contributed by atoms with E-state index in [2.05, 4.69) is 21.8 Å². The molecule has 1 aromatic heterocycles. The number of nitrogens with one attached hydrogen (secondary N) is 2. The maximum Gasteiger partial charge on any atom is 0.256 e. The highest BCUT2D eigenvalue weighted by Crippen LogP contribution is 2.27. The Hall–Kier alpha value is -3.92. The van der Waals surface area contributed by atoms with Crippen molar-refractivity contribution >= 4 is 17.5 Å². The van der Waals surface area contributed by atoms with Crippen LogP contribution in [0.3, 0.4) is 0 Å². The lowest BCUT2D eigenvalue weighted by Crippen LogP contribution is -2.35. The summed E-state index contributed by atoms with van der Waals surface area (Å²) in [4.78, 5) is 25.2. The van der Waals surface area contributed by atoms with Gasteiger partial charge in [-0.15, -0.1) is 0 Å². The van der Waals surface area contributed by atoms with Gasteiger partial charge in [0.2, 0.25) is 5.91 Å². The van der Waals surface area contributed by atoms with Gasteiger partial charge in [-0.2, -0.15) is 10.4 Å². The molecule has 0 bridgehead atoms. The van der Waals surface area contributed by atoms with Crippen molar-refractivity contribution in [2.24, 2.45) is 0 Å². The van der Waals surface area contributed by atoms with Crippen molar-refractivity contribution < 1.29 is 9.59 Å². The molecule has 7 nitrogen and oxygen atoms in total. The zero-order valence-corrected chi connectivity index (χ0v) is 17.0. The van der Waals surface area contributed by atoms with E-state index >= 15 is 0 Å². The molecule has 2 N–H and O–H groups in total. The van der Waals surface area contributed by atoms with E-state index in [9.17, 15) is 14.9 Å². The first-order valence-electron chi connectivity index (χ1n) is 10.4. The van der Waals surface area contributed by atoms with Crippen LogP contribution in [0.15, 0.2) is 60.9 Å². The molecular formula is C24H23N5O2. The van der Waals surface area contributed by atoms with Crippen LogP contribution >= 0.6 is 0 Å². The van der Waals surface area contributed by atoms with Gasteiger partial charge < -0.3 is 10.6 Å². The number of aromatic nitrogens is 2. The molecule has 4 rings (SSSR count). The molecule has 0 radical (unpaired) electrons. The first-order chi connectivity index (χ1) is 15.1. The molecule has 0 spiro atoms. The van der Waals surface area contributed by atoms with E-state index in [1.807, 2.05) is 24.3 Å². The molecule has 1 heterocycles. The molecule has 7 heteroatoms. The van der Waals surface area contributed by atoms with Gasteiger partial charge >= 0.3 is 0 Å². The van der Waals surface area contributed by atoms with Crippen LogP contribution < -0.4 is 10.6 Å². The summed E-state index contributed by atoms with van der Waals surface area (Å²) in [6.07, 6.45) is 7.53. The van der Waals surface area contributed by atoms with Crippen LogP contribution in [0.2, 0.25) is 0 Å². The molecule has 156 valence electrons. The van der Waals surface area contributed by atoms with Crippen molar-refractivity contribution in [3.8, 4) is 17.2 Å². The molecule has 3 aromatic rings. The molecule has 1 aliphatic rings. The van der Waals surface area contributed by atoms with Gasteiger partial charge in [0.25, 0.3) is 5.91 Å². The number of hydrogen-bond donors (Lipinski definition) is 2. The highest BCUT2D eigenvalue weighted by atomic mass is 16.2. The summed E-state index contributed by atoms with van der Waals surface area (Å²) < 4.78 is 1.51. The molecule has 1 fully saturated rings. The number of rotatable bonds is 6. The number of anilines is 1. The largest absolute Gasteiger partial charge is 0.352 e. The number of nitriles is 1. The Morgan fingerprint density at radius 1 is 1.06 bits per heavy atom. The van der Waals surface area contributed by atoms with Crippen molar-refractivity contribution in [2.45, 2.75) is 38.3 Å². The Balaban J connectivity index is 1.46. The van der Waals surface area contributed by atoms with Crippen molar-refractivity contribution in [3.63, 3.8) is 0 Å². The second kappa shape index (κ2) is 9.26. The second-order valence-corrected chi connectivity index (χ2v) is 7.63. The summed E-state index contributed by atoms with van der Waals surface area (Å²) in [7, 11) is 0. The van der Waals surface area contributed by atoms with Gasteiger partial charge in [-0.1, -0.05) is 49.2 Å². The summed E-state index contributed by atoms with van der Waals surface area (Å²) in [5.41, 5.74) is 2.85. The molecule has 0 unspecified atom stereocenters. The quantitative estimate of drug-likeness (QED) is 0.643. The molecule has 1 saturated carbocycles. The van der Waals surface area contributed by atoms with Gasteiger partial charge in [0, 0.05) is 23.4 Å². The van der Waals surface area contributed by atoms with Gasteiger partial charge in [-0.05, 0) is 30.5 Å². The molecular weight excluding hydrogens is 390 g/mol. The summed E-state index contributed by atoms with van der Waals surface area (Å²) in [5.74, 6) is -0.385. The van der Waals surface area contributed by atoms with Crippen LogP contribution in [0.4, 0.5) is 5.69 Å². The fourth-order valence-electron chi connectivity index (χ4n) is 3.94. The molecule has 1 aliphatic carbocycles. The third-order valence-corrected chi connectivity index (χ3v) is 5.43. The molecule has 31 heavy (non-hydrogen) atoms. The van der Waals surface area contributed by atoms with Gasteiger partial charge in [0.1, 0.15) is 6.54 Å². The number of nitrogens with zero attached hydrogens (tertiary/aromatic N) is 3. The summed E-state index contributed by atoms with van der Waals surface area (Å²) in [5, 5.41) is 19.5. The van der Waals surface area contributed by atoms with Gasteiger partial charge in [0.05, 0.1) is 23.5 Å². The van der Waals surface area contributed by atoms with E-state index in [1.54, 1.807) is 30.5 Å². The number of carbonyl (C=O) groups is 2. The predicted molar refractivity (Wildman–Crippen MR) is 117 cm³/mol. The Morgan fingerprint density at radius 2 is 1.77 bits per heavy atom. The minimum Gasteiger partial charge on any atom is -0.352 e. The van der Waals surface area contributed by atoms with E-state index in [-0.39, 0.29) is 24.4 Å². The average molecular weight is 413 g/mol. The Bertz CT molecular complexity index is 1140. The fraction of sp³-hybridized carbons (Fsp3) is 0.250.